The van der Waals surface area contributed by atoms with E-state index in [4.69, 9.17) is 27.4 Å². The van der Waals surface area contributed by atoms with Crippen LogP contribution in [0.3, 0.4) is 0 Å². The zero-order valence-corrected chi connectivity index (χ0v) is 19.7. The molecule has 0 aliphatic carbocycles. The van der Waals surface area contributed by atoms with Gasteiger partial charge in [0.25, 0.3) is 0 Å². The summed E-state index contributed by atoms with van der Waals surface area (Å²) in [6, 6.07) is -1.06. The first-order valence-corrected chi connectivity index (χ1v) is 11.7. The molecular weight excluding hydrogens is 414 g/mol. The van der Waals surface area contributed by atoms with E-state index < -0.39 is 18.0 Å². The number of amides is 1. The van der Waals surface area contributed by atoms with Crippen molar-refractivity contribution in [3.8, 4) is 0 Å². The average Bonchev–Trinajstić information content (AvgIpc) is 2.73. The first-order valence-electron chi connectivity index (χ1n) is 11.7. The summed E-state index contributed by atoms with van der Waals surface area (Å²) in [5.74, 6) is -1.89. The fraction of sp³-hybridized carbons (Fsp3) is 0.818. The van der Waals surface area contributed by atoms with Crippen LogP contribution in [0, 0.1) is 0 Å². The number of nitrogens with one attached hydrogen (secondary N) is 1. The molecule has 188 valence electrons. The highest BCUT2D eigenvalue weighted by Crippen LogP contribution is 2.10. The second-order valence-electron chi connectivity index (χ2n) is 7.82. The van der Waals surface area contributed by atoms with Crippen LogP contribution >= 0.6 is 0 Å². The maximum atomic E-state index is 11.6. The van der Waals surface area contributed by atoms with E-state index in [0.29, 0.717) is 13.0 Å². The topological polar surface area (TPSA) is 194 Å². The minimum atomic E-state index is -1.17. The van der Waals surface area contributed by atoms with E-state index in [9.17, 15) is 14.4 Å². The van der Waals surface area contributed by atoms with Crippen molar-refractivity contribution in [1.29, 1.82) is 0 Å². The van der Waals surface area contributed by atoms with Crippen molar-refractivity contribution in [2.45, 2.75) is 103 Å². The molecule has 0 aromatic rings. The van der Waals surface area contributed by atoms with Gasteiger partial charge in [-0.1, -0.05) is 58.3 Å². The molecule has 0 bridgehead atoms. The fourth-order valence-corrected chi connectivity index (χ4v) is 2.76. The molecule has 32 heavy (non-hydrogen) atoms. The Kier molecular flexibility index (Phi) is 23.2. The molecule has 1 amide bonds. The van der Waals surface area contributed by atoms with Gasteiger partial charge in [-0.05, 0) is 25.7 Å². The Balaban J connectivity index is 0. The lowest BCUT2D eigenvalue weighted by atomic mass is 10.1. The summed E-state index contributed by atoms with van der Waals surface area (Å²) < 4.78 is 0. The number of unbranched alkanes of at least 4 members (excludes halogenated alkanes) is 9. The lowest BCUT2D eigenvalue weighted by molar-refractivity contribution is -0.139. The molecule has 0 rings (SSSR count). The molecule has 0 aliphatic rings. The number of guanidine groups is 1. The van der Waals surface area contributed by atoms with Crippen LogP contribution in [0.4, 0.5) is 0 Å². The molecule has 0 aliphatic heterocycles. The van der Waals surface area contributed by atoms with Crippen molar-refractivity contribution in [1.82, 2.24) is 5.32 Å². The molecule has 0 unspecified atom stereocenters. The molecule has 10 nitrogen and oxygen atoms in total. The second kappa shape index (κ2) is 23.3. The van der Waals surface area contributed by atoms with Gasteiger partial charge in [-0.25, -0.2) is 0 Å². The summed E-state index contributed by atoms with van der Waals surface area (Å²) in [5, 5.41) is 19.2. The third-order valence-corrected chi connectivity index (χ3v) is 4.70. The van der Waals surface area contributed by atoms with E-state index in [-0.39, 0.29) is 24.7 Å². The van der Waals surface area contributed by atoms with Crippen LogP contribution in [-0.2, 0) is 14.4 Å². The highest BCUT2D eigenvalue weighted by atomic mass is 16.4. The molecule has 0 heterocycles. The maximum absolute atomic E-state index is 11.6. The Morgan fingerprint density at radius 1 is 0.844 bits per heavy atom. The quantitative estimate of drug-likeness (QED) is 0.0961. The number of carbonyl (C=O) groups excluding carboxylic acids is 1. The number of nitrogens with two attached hydrogens (primary N) is 3. The van der Waals surface area contributed by atoms with Crippen LogP contribution in [0.2, 0.25) is 0 Å². The highest BCUT2D eigenvalue weighted by Gasteiger charge is 2.12. The number of carbonyl (C=O) groups is 3. The van der Waals surface area contributed by atoms with Gasteiger partial charge in [0.1, 0.15) is 6.04 Å². The molecule has 1 atom stereocenters. The molecule has 0 aromatic heterocycles. The molecule has 0 fully saturated rings. The standard InChI is InChI=1S/C17H36N4O.C5H9NO4/c1-2-3-4-5-6-7-8-9-10-13-16(22)20-14-11-12-15-21-17(18)19;6-3(5(9)10)1-2-4(7)8/h2-15H2,1H3,(H,20,22)(H4,18,19,21);3H,1-2,6H2,(H,7,8)(H,9,10)/t;3-/m.0/s1. The molecule has 10 heteroatoms. The van der Waals surface area contributed by atoms with Crippen LogP contribution < -0.4 is 22.5 Å². The van der Waals surface area contributed by atoms with E-state index in [0.717, 1.165) is 25.8 Å². The first kappa shape index (κ1) is 31.8. The Bertz CT molecular complexity index is 525. The van der Waals surface area contributed by atoms with Crippen molar-refractivity contribution < 1.29 is 24.6 Å². The van der Waals surface area contributed by atoms with E-state index >= 15 is 0 Å². The van der Waals surface area contributed by atoms with Gasteiger partial charge < -0.3 is 32.7 Å². The maximum Gasteiger partial charge on any atom is 0.320 e. The predicted molar refractivity (Wildman–Crippen MR) is 127 cm³/mol. The lowest BCUT2D eigenvalue weighted by Gasteiger charge is -2.05. The van der Waals surface area contributed by atoms with Gasteiger partial charge >= 0.3 is 11.9 Å². The molecular formula is C22H45N5O5. The van der Waals surface area contributed by atoms with E-state index in [2.05, 4.69) is 17.2 Å². The number of carboxylic acids is 2. The fourth-order valence-electron chi connectivity index (χ4n) is 2.76. The predicted octanol–water partition coefficient (Wildman–Crippen LogP) is 2.34. The summed E-state index contributed by atoms with van der Waals surface area (Å²) in [6.07, 6.45) is 13.8. The van der Waals surface area contributed by atoms with Crippen molar-refractivity contribution in [2.24, 2.45) is 22.2 Å². The summed E-state index contributed by atoms with van der Waals surface area (Å²) >= 11 is 0. The average molecular weight is 460 g/mol. The molecule has 0 spiro atoms. The summed E-state index contributed by atoms with van der Waals surface area (Å²) in [4.78, 5) is 35.4. The van der Waals surface area contributed by atoms with Crippen LogP contribution in [-0.4, -0.2) is 53.1 Å². The third-order valence-electron chi connectivity index (χ3n) is 4.70. The largest absolute Gasteiger partial charge is 0.481 e. The molecule has 0 saturated carbocycles. The van der Waals surface area contributed by atoms with Crippen LogP contribution in [0.15, 0.2) is 4.99 Å². The number of carboxylic acid groups (broad SMARTS) is 2. The van der Waals surface area contributed by atoms with Crippen molar-refractivity contribution in [3.63, 3.8) is 0 Å². The monoisotopic (exact) mass is 459 g/mol. The minimum absolute atomic E-state index is 0.0231. The number of nitrogens with zero attached hydrogens (tertiary/aromatic N) is 1. The van der Waals surface area contributed by atoms with Gasteiger partial charge in [-0.15, -0.1) is 0 Å². The lowest BCUT2D eigenvalue weighted by Crippen LogP contribution is -2.30. The third kappa shape index (κ3) is 27.6. The molecule has 9 N–H and O–H groups in total. The van der Waals surface area contributed by atoms with Gasteiger partial charge in [-0.2, -0.15) is 0 Å². The number of rotatable bonds is 19. The Morgan fingerprint density at radius 3 is 1.91 bits per heavy atom. The van der Waals surface area contributed by atoms with Gasteiger partial charge in [0, 0.05) is 25.9 Å². The summed E-state index contributed by atoms with van der Waals surface area (Å²) in [6.45, 7) is 3.60. The van der Waals surface area contributed by atoms with Crippen molar-refractivity contribution in [3.05, 3.63) is 0 Å². The van der Waals surface area contributed by atoms with Crippen LogP contribution in [0.5, 0.6) is 0 Å². The summed E-state index contributed by atoms with van der Waals surface area (Å²) in [5.41, 5.74) is 15.5. The zero-order chi connectivity index (χ0) is 24.6. The van der Waals surface area contributed by atoms with Gasteiger partial charge in [-0.3, -0.25) is 19.4 Å². The van der Waals surface area contributed by atoms with Crippen molar-refractivity contribution in [2.75, 3.05) is 13.1 Å². The smallest absolute Gasteiger partial charge is 0.320 e. The number of aliphatic carboxylic acids is 2. The second-order valence-corrected chi connectivity index (χ2v) is 7.82. The molecule has 0 radical (unpaired) electrons. The Labute approximate surface area is 192 Å². The number of hydrogen-bond acceptors (Lipinski definition) is 5. The van der Waals surface area contributed by atoms with Gasteiger partial charge in [0.05, 0.1) is 0 Å². The van der Waals surface area contributed by atoms with E-state index in [1.807, 2.05) is 0 Å². The Hall–Kier alpha value is -2.36. The van der Waals surface area contributed by atoms with Gasteiger partial charge in [0.2, 0.25) is 5.91 Å². The molecule has 0 aromatic carbocycles. The van der Waals surface area contributed by atoms with Crippen molar-refractivity contribution >= 4 is 23.8 Å². The number of hydrogen-bond donors (Lipinski definition) is 6. The van der Waals surface area contributed by atoms with E-state index in [1.54, 1.807) is 0 Å². The van der Waals surface area contributed by atoms with Crippen LogP contribution in [0.1, 0.15) is 96.8 Å². The summed E-state index contributed by atoms with van der Waals surface area (Å²) in [7, 11) is 0. The normalized spacial score (nSPS) is 11.1. The van der Waals surface area contributed by atoms with Crippen LogP contribution in [0.25, 0.3) is 0 Å². The molecule has 0 saturated heterocycles. The first-order chi connectivity index (χ1) is 15.2. The SMILES string of the molecule is CCCCCCCCCCCC(=O)NCCCCN=C(N)N.N[C@@H](CCC(=O)O)C(=O)O. The Morgan fingerprint density at radius 2 is 1.41 bits per heavy atom. The number of aliphatic imine (C=N–C) groups is 1. The van der Waals surface area contributed by atoms with Gasteiger partial charge in [0.15, 0.2) is 5.96 Å². The van der Waals surface area contributed by atoms with E-state index in [1.165, 1.54) is 51.4 Å². The highest BCUT2D eigenvalue weighted by molar-refractivity contribution is 5.76. The zero-order valence-electron chi connectivity index (χ0n) is 19.7. The minimum Gasteiger partial charge on any atom is -0.481 e.